The number of carbonyl (C=O) groups excluding carboxylic acids is 1. The number of halogens is 1. The lowest BCUT2D eigenvalue weighted by molar-refractivity contribution is -0.142. The predicted molar refractivity (Wildman–Crippen MR) is 87.7 cm³/mol. The van der Waals surface area contributed by atoms with Crippen LogP contribution in [0.1, 0.15) is 5.69 Å². The van der Waals surface area contributed by atoms with Crippen molar-refractivity contribution in [1.82, 2.24) is 10.3 Å². The van der Waals surface area contributed by atoms with Gasteiger partial charge in [0.15, 0.2) is 0 Å². The molecule has 0 saturated carbocycles. The van der Waals surface area contributed by atoms with Gasteiger partial charge in [0, 0.05) is 22.5 Å². The van der Waals surface area contributed by atoms with Crippen molar-refractivity contribution in [3.63, 3.8) is 0 Å². The molecule has 2 N–H and O–H groups in total. The Bertz CT molecular complexity index is 672. The number of aromatic nitrogens is 1. The summed E-state index contributed by atoms with van der Waals surface area (Å²) in [6.07, 6.45) is 0.170. The molecule has 0 aliphatic rings. The molecule has 1 aromatic carbocycles. The number of carboxylic acids is 1. The van der Waals surface area contributed by atoms with Gasteiger partial charge in [0.2, 0.25) is 5.91 Å². The molecule has 0 spiro atoms. The van der Waals surface area contributed by atoms with Crippen LogP contribution in [0, 0.1) is 0 Å². The molecule has 23 heavy (non-hydrogen) atoms. The van der Waals surface area contributed by atoms with Crippen molar-refractivity contribution in [3.05, 3.63) is 40.4 Å². The van der Waals surface area contributed by atoms with E-state index in [1.807, 2.05) is 17.5 Å². The topological polar surface area (TPSA) is 88.5 Å². The molecule has 0 atom stereocenters. The summed E-state index contributed by atoms with van der Waals surface area (Å²) < 4.78 is 4.83. The highest BCUT2D eigenvalue weighted by Crippen LogP contribution is 2.25. The van der Waals surface area contributed by atoms with Crippen LogP contribution in [-0.4, -0.2) is 41.7 Å². The maximum atomic E-state index is 11.8. The molecule has 0 radical (unpaired) electrons. The molecule has 0 aliphatic heterocycles. The van der Waals surface area contributed by atoms with Crippen LogP contribution >= 0.6 is 22.9 Å². The summed E-state index contributed by atoms with van der Waals surface area (Å²) in [4.78, 5) is 26.4. The first-order valence-electron chi connectivity index (χ1n) is 6.81. The molecule has 6 nitrogen and oxygen atoms in total. The minimum atomic E-state index is -1.03. The average Bonchev–Trinajstić information content (AvgIpc) is 2.95. The summed E-state index contributed by atoms with van der Waals surface area (Å²) in [5.41, 5.74) is 1.64. The highest BCUT2D eigenvalue weighted by molar-refractivity contribution is 7.13. The van der Waals surface area contributed by atoms with Crippen LogP contribution in [0.5, 0.6) is 0 Å². The smallest absolute Gasteiger partial charge is 0.329 e. The zero-order valence-electron chi connectivity index (χ0n) is 12.1. The van der Waals surface area contributed by atoms with Crippen LogP contribution in [0.25, 0.3) is 10.6 Å². The van der Waals surface area contributed by atoms with E-state index >= 15 is 0 Å². The molecule has 0 saturated heterocycles. The number of nitrogens with zero attached hydrogens (tertiary/aromatic N) is 1. The SMILES string of the molecule is O=C(O)COCCNC(=O)Cc1csc(-c2ccc(Cl)cc2)n1. The Labute approximate surface area is 142 Å². The van der Waals surface area contributed by atoms with E-state index in [0.717, 1.165) is 10.6 Å². The van der Waals surface area contributed by atoms with Crippen LogP contribution < -0.4 is 5.32 Å². The van der Waals surface area contributed by atoms with Crippen molar-refractivity contribution in [3.8, 4) is 10.6 Å². The van der Waals surface area contributed by atoms with Crippen molar-refractivity contribution in [1.29, 1.82) is 0 Å². The Balaban J connectivity index is 1.78. The van der Waals surface area contributed by atoms with E-state index in [2.05, 4.69) is 10.3 Å². The summed E-state index contributed by atoms with van der Waals surface area (Å²) in [5, 5.41) is 14.4. The molecule has 1 amide bonds. The Kier molecular flexibility index (Phi) is 6.52. The standard InChI is InChI=1S/C15H15ClN2O4S/c16-11-3-1-10(2-4-11)15-18-12(9-23-15)7-13(19)17-5-6-22-8-14(20)21/h1-4,9H,5-8H2,(H,17,19)(H,20,21). The second-order valence-corrected chi connectivity index (χ2v) is 5.92. The number of benzene rings is 1. The lowest BCUT2D eigenvalue weighted by Gasteiger charge is -2.04. The molecule has 1 aromatic heterocycles. The first-order valence-corrected chi connectivity index (χ1v) is 8.07. The van der Waals surface area contributed by atoms with E-state index < -0.39 is 5.97 Å². The molecule has 2 aromatic rings. The number of aliphatic carboxylic acids is 1. The van der Waals surface area contributed by atoms with Gasteiger partial charge < -0.3 is 15.2 Å². The Hall–Kier alpha value is -1.96. The number of carboxylic acid groups (broad SMARTS) is 1. The van der Waals surface area contributed by atoms with Crippen LogP contribution in [0.4, 0.5) is 0 Å². The Morgan fingerprint density at radius 3 is 2.74 bits per heavy atom. The predicted octanol–water partition coefficient (Wildman–Crippen LogP) is 2.22. The minimum absolute atomic E-state index is 0.158. The fourth-order valence-corrected chi connectivity index (χ4v) is 2.71. The maximum Gasteiger partial charge on any atom is 0.329 e. The highest BCUT2D eigenvalue weighted by atomic mass is 35.5. The van der Waals surface area contributed by atoms with Crippen LogP contribution in [0.2, 0.25) is 5.02 Å². The number of ether oxygens (including phenoxy) is 1. The highest BCUT2D eigenvalue weighted by Gasteiger charge is 2.09. The second-order valence-electron chi connectivity index (χ2n) is 4.62. The van der Waals surface area contributed by atoms with Gasteiger partial charge in [-0.15, -0.1) is 11.3 Å². The molecule has 0 unspecified atom stereocenters. The monoisotopic (exact) mass is 354 g/mol. The summed E-state index contributed by atoms with van der Waals surface area (Å²) in [5.74, 6) is -1.22. The van der Waals surface area contributed by atoms with Crippen LogP contribution in [-0.2, 0) is 20.7 Å². The third kappa shape index (κ3) is 5.97. The Morgan fingerprint density at radius 2 is 2.04 bits per heavy atom. The summed E-state index contributed by atoms with van der Waals surface area (Å²) in [6.45, 7) is 0.0534. The van der Waals surface area contributed by atoms with Gasteiger partial charge in [-0.25, -0.2) is 9.78 Å². The molecule has 8 heteroatoms. The van der Waals surface area contributed by atoms with Crippen LogP contribution in [0.3, 0.4) is 0 Å². The summed E-state index contributed by atoms with van der Waals surface area (Å²) in [6, 6.07) is 7.35. The Morgan fingerprint density at radius 1 is 1.30 bits per heavy atom. The van der Waals surface area contributed by atoms with E-state index in [0.29, 0.717) is 10.7 Å². The molecule has 0 aliphatic carbocycles. The van der Waals surface area contributed by atoms with Gasteiger partial charge in [0.05, 0.1) is 18.7 Å². The van der Waals surface area contributed by atoms with Crippen molar-refractivity contribution < 1.29 is 19.4 Å². The van der Waals surface area contributed by atoms with Gasteiger partial charge >= 0.3 is 5.97 Å². The van der Waals surface area contributed by atoms with Crippen LogP contribution in [0.15, 0.2) is 29.6 Å². The van der Waals surface area contributed by atoms with Crippen molar-refractivity contribution in [2.45, 2.75) is 6.42 Å². The number of carbonyl (C=O) groups is 2. The fourth-order valence-electron chi connectivity index (χ4n) is 1.76. The van der Waals surface area contributed by atoms with Gasteiger partial charge in [-0.2, -0.15) is 0 Å². The van der Waals surface area contributed by atoms with Gasteiger partial charge in [-0.05, 0) is 12.1 Å². The van der Waals surface area contributed by atoms with Gasteiger partial charge in [-0.3, -0.25) is 4.79 Å². The number of amides is 1. The number of hydrogen-bond donors (Lipinski definition) is 2. The largest absolute Gasteiger partial charge is 0.480 e. The molecular weight excluding hydrogens is 340 g/mol. The first-order chi connectivity index (χ1) is 11.0. The summed E-state index contributed by atoms with van der Waals surface area (Å²) >= 11 is 7.31. The normalized spacial score (nSPS) is 10.5. The first kappa shape index (κ1) is 17.4. The fraction of sp³-hybridized carbons (Fsp3) is 0.267. The molecule has 0 bridgehead atoms. The third-order valence-corrected chi connectivity index (χ3v) is 3.97. The molecule has 0 fully saturated rings. The molecular formula is C15H15ClN2O4S. The van der Waals surface area contributed by atoms with E-state index in [-0.39, 0.29) is 32.1 Å². The summed E-state index contributed by atoms with van der Waals surface area (Å²) in [7, 11) is 0. The van der Waals surface area contributed by atoms with E-state index in [1.54, 1.807) is 12.1 Å². The van der Waals surface area contributed by atoms with Gasteiger partial charge in [0.25, 0.3) is 0 Å². The third-order valence-electron chi connectivity index (χ3n) is 2.78. The lowest BCUT2D eigenvalue weighted by Crippen LogP contribution is -2.29. The zero-order valence-corrected chi connectivity index (χ0v) is 13.7. The molecule has 122 valence electrons. The maximum absolute atomic E-state index is 11.8. The number of nitrogens with one attached hydrogen (secondary N) is 1. The molecule has 1 heterocycles. The van der Waals surface area contributed by atoms with E-state index in [1.165, 1.54) is 11.3 Å². The van der Waals surface area contributed by atoms with Gasteiger partial charge in [-0.1, -0.05) is 23.7 Å². The van der Waals surface area contributed by atoms with Gasteiger partial charge in [0.1, 0.15) is 11.6 Å². The second kappa shape index (κ2) is 8.61. The minimum Gasteiger partial charge on any atom is -0.480 e. The quantitative estimate of drug-likeness (QED) is 0.710. The lowest BCUT2D eigenvalue weighted by atomic mass is 10.2. The van der Waals surface area contributed by atoms with E-state index in [9.17, 15) is 9.59 Å². The number of thiazole rings is 1. The van der Waals surface area contributed by atoms with Crippen molar-refractivity contribution in [2.75, 3.05) is 19.8 Å². The zero-order chi connectivity index (χ0) is 16.7. The van der Waals surface area contributed by atoms with E-state index in [4.69, 9.17) is 21.4 Å². The number of rotatable bonds is 8. The van der Waals surface area contributed by atoms with Crippen molar-refractivity contribution in [2.24, 2.45) is 0 Å². The average molecular weight is 355 g/mol. The van der Waals surface area contributed by atoms with Crippen molar-refractivity contribution >= 4 is 34.8 Å². The molecule has 2 rings (SSSR count). The number of hydrogen-bond acceptors (Lipinski definition) is 5.